The van der Waals surface area contributed by atoms with E-state index < -0.39 is 0 Å². The number of hydrogen-bond acceptors (Lipinski definition) is 3. The molecule has 4 nitrogen and oxygen atoms in total. The first kappa shape index (κ1) is 15.0. The van der Waals surface area contributed by atoms with Crippen molar-refractivity contribution in [1.29, 1.82) is 0 Å². The van der Waals surface area contributed by atoms with Gasteiger partial charge in [0.2, 0.25) is 5.91 Å². The van der Waals surface area contributed by atoms with Gasteiger partial charge in [-0.05, 0) is 32.0 Å². The summed E-state index contributed by atoms with van der Waals surface area (Å²) in [6, 6.07) is 8.15. The number of carbonyl (C=O) groups is 1. The van der Waals surface area contributed by atoms with Crippen molar-refractivity contribution in [3.8, 4) is 0 Å². The van der Waals surface area contributed by atoms with E-state index in [0.717, 1.165) is 17.8 Å². The van der Waals surface area contributed by atoms with Gasteiger partial charge in [-0.3, -0.25) is 4.79 Å². The fraction of sp³-hybridized carbons (Fsp3) is 0.562. The number of rotatable bonds is 5. The molecule has 1 amide bonds. The monoisotopic (exact) mass is 276 g/mol. The smallest absolute Gasteiger partial charge is 0.234 e. The molecule has 0 aliphatic carbocycles. The van der Waals surface area contributed by atoms with Crippen LogP contribution in [-0.2, 0) is 9.53 Å². The fourth-order valence-electron chi connectivity index (χ4n) is 2.77. The number of anilines is 1. The molecular weight excluding hydrogens is 252 g/mol. The molecule has 1 N–H and O–H groups in total. The van der Waals surface area contributed by atoms with E-state index >= 15 is 0 Å². The van der Waals surface area contributed by atoms with E-state index in [9.17, 15) is 4.79 Å². The number of likely N-dealkylation sites (N-methyl/N-ethyl adjacent to an activating group) is 1. The molecule has 20 heavy (non-hydrogen) atoms. The van der Waals surface area contributed by atoms with Gasteiger partial charge in [-0.2, -0.15) is 0 Å². The maximum Gasteiger partial charge on any atom is 0.234 e. The predicted octanol–water partition coefficient (Wildman–Crippen LogP) is 1.97. The molecule has 2 rings (SSSR count). The van der Waals surface area contributed by atoms with Gasteiger partial charge in [-0.1, -0.05) is 25.1 Å². The third-order valence-electron chi connectivity index (χ3n) is 3.85. The molecule has 0 bridgehead atoms. The summed E-state index contributed by atoms with van der Waals surface area (Å²) in [6.07, 6.45) is 0. The van der Waals surface area contributed by atoms with Crippen LogP contribution in [0.4, 0.5) is 5.69 Å². The zero-order valence-corrected chi connectivity index (χ0v) is 12.6. The van der Waals surface area contributed by atoms with E-state index in [-0.39, 0.29) is 17.9 Å². The lowest BCUT2D eigenvalue weighted by molar-refractivity contribution is -0.122. The number of hydrogen-bond donors (Lipinski definition) is 1. The lowest BCUT2D eigenvalue weighted by Crippen LogP contribution is -2.46. The summed E-state index contributed by atoms with van der Waals surface area (Å²) in [5.74, 6) is 0.0692. The van der Waals surface area contributed by atoms with Crippen molar-refractivity contribution in [3.05, 3.63) is 29.8 Å². The van der Waals surface area contributed by atoms with Gasteiger partial charge in [-0.15, -0.1) is 0 Å². The van der Waals surface area contributed by atoms with E-state index in [1.165, 1.54) is 0 Å². The second kappa shape index (κ2) is 6.86. The summed E-state index contributed by atoms with van der Waals surface area (Å²) in [4.78, 5) is 14.7. The second-order valence-corrected chi connectivity index (χ2v) is 5.18. The molecule has 4 heteroatoms. The standard InChI is InChI=1S/C16H24N2O2/c1-4-17-14-11-20-10-13(14)16(19)18(5-2)15-9-7-6-8-12(15)3/h6-9,13-14,17H,4-5,10-11H2,1-3H3. The highest BCUT2D eigenvalue weighted by Crippen LogP contribution is 2.24. The summed E-state index contributed by atoms with van der Waals surface area (Å²) in [7, 11) is 0. The van der Waals surface area contributed by atoms with Crippen molar-refractivity contribution < 1.29 is 9.53 Å². The Hall–Kier alpha value is -1.39. The molecule has 2 unspecified atom stereocenters. The van der Waals surface area contributed by atoms with Crippen LogP contribution in [0, 0.1) is 12.8 Å². The van der Waals surface area contributed by atoms with Crippen LogP contribution in [0.25, 0.3) is 0 Å². The fourth-order valence-corrected chi connectivity index (χ4v) is 2.77. The van der Waals surface area contributed by atoms with Crippen molar-refractivity contribution in [3.63, 3.8) is 0 Å². The van der Waals surface area contributed by atoms with Crippen LogP contribution in [0.15, 0.2) is 24.3 Å². The van der Waals surface area contributed by atoms with Crippen LogP contribution in [0.2, 0.25) is 0 Å². The van der Waals surface area contributed by atoms with Crippen LogP contribution in [0.5, 0.6) is 0 Å². The molecule has 1 aliphatic heterocycles. The number of carbonyl (C=O) groups excluding carboxylic acids is 1. The molecule has 110 valence electrons. The lowest BCUT2D eigenvalue weighted by atomic mass is 10.0. The van der Waals surface area contributed by atoms with E-state index in [2.05, 4.69) is 12.2 Å². The van der Waals surface area contributed by atoms with E-state index in [0.29, 0.717) is 19.8 Å². The zero-order valence-electron chi connectivity index (χ0n) is 12.6. The van der Waals surface area contributed by atoms with Crippen molar-refractivity contribution >= 4 is 11.6 Å². The Kier molecular flexibility index (Phi) is 5.15. The summed E-state index contributed by atoms with van der Waals surface area (Å²) >= 11 is 0. The molecule has 1 aliphatic rings. The normalized spacial score (nSPS) is 21.9. The summed E-state index contributed by atoms with van der Waals surface area (Å²) in [6.45, 7) is 8.78. The Bertz CT molecular complexity index is 462. The minimum absolute atomic E-state index is 0.0884. The van der Waals surface area contributed by atoms with Gasteiger partial charge in [0.1, 0.15) is 0 Å². The Balaban J connectivity index is 2.19. The predicted molar refractivity (Wildman–Crippen MR) is 81.0 cm³/mol. The number of nitrogens with one attached hydrogen (secondary N) is 1. The maximum atomic E-state index is 12.8. The molecule has 0 saturated carbocycles. The molecule has 0 aromatic heterocycles. The third-order valence-corrected chi connectivity index (χ3v) is 3.85. The van der Waals surface area contributed by atoms with Gasteiger partial charge in [-0.25, -0.2) is 0 Å². The first-order valence-electron chi connectivity index (χ1n) is 7.37. The number of benzene rings is 1. The average molecular weight is 276 g/mol. The number of nitrogens with zero attached hydrogens (tertiary/aromatic N) is 1. The summed E-state index contributed by atoms with van der Waals surface area (Å²) in [5.41, 5.74) is 2.13. The Morgan fingerprint density at radius 3 is 2.75 bits per heavy atom. The molecule has 1 heterocycles. The highest BCUT2D eigenvalue weighted by molar-refractivity contribution is 5.96. The largest absolute Gasteiger partial charge is 0.379 e. The highest BCUT2D eigenvalue weighted by atomic mass is 16.5. The second-order valence-electron chi connectivity index (χ2n) is 5.18. The maximum absolute atomic E-state index is 12.8. The lowest BCUT2D eigenvalue weighted by Gasteiger charge is -2.28. The van der Waals surface area contributed by atoms with Crippen molar-refractivity contribution in [2.75, 3.05) is 31.2 Å². The molecule has 1 fully saturated rings. The molecule has 0 spiro atoms. The molecule has 1 aromatic carbocycles. The van der Waals surface area contributed by atoms with Crippen molar-refractivity contribution in [2.45, 2.75) is 26.8 Å². The quantitative estimate of drug-likeness (QED) is 0.894. The molecule has 1 aromatic rings. The van der Waals surface area contributed by atoms with Crippen LogP contribution in [0.1, 0.15) is 19.4 Å². The molecule has 0 radical (unpaired) electrons. The SMILES string of the molecule is CCNC1COCC1C(=O)N(CC)c1ccccc1C. The zero-order chi connectivity index (χ0) is 14.5. The van der Waals surface area contributed by atoms with E-state index in [4.69, 9.17) is 4.74 Å². The van der Waals surface area contributed by atoms with Crippen LogP contribution in [0.3, 0.4) is 0 Å². The summed E-state index contributed by atoms with van der Waals surface area (Å²) in [5, 5.41) is 3.35. The van der Waals surface area contributed by atoms with Gasteiger partial charge < -0.3 is 15.0 Å². The van der Waals surface area contributed by atoms with E-state index in [1.807, 2.05) is 43.0 Å². The third kappa shape index (κ3) is 3.02. The summed E-state index contributed by atoms with van der Waals surface area (Å²) < 4.78 is 5.49. The number of ether oxygens (including phenoxy) is 1. The van der Waals surface area contributed by atoms with Gasteiger partial charge in [0, 0.05) is 18.3 Å². The highest BCUT2D eigenvalue weighted by Gasteiger charge is 2.36. The van der Waals surface area contributed by atoms with Crippen molar-refractivity contribution in [2.24, 2.45) is 5.92 Å². The number of amides is 1. The Morgan fingerprint density at radius 1 is 1.35 bits per heavy atom. The first-order chi connectivity index (χ1) is 9.69. The van der Waals surface area contributed by atoms with Gasteiger partial charge in [0.05, 0.1) is 19.1 Å². The van der Waals surface area contributed by atoms with Crippen LogP contribution in [-0.4, -0.2) is 38.3 Å². The van der Waals surface area contributed by atoms with Crippen LogP contribution < -0.4 is 10.2 Å². The van der Waals surface area contributed by atoms with E-state index in [1.54, 1.807) is 0 Å². The van der Waals surface area contributed by atoms with Gasteiger partial charge >= 0.3 is 0 Å². The average Bonchev–Trinajstić information content (AvgIpc) is 2.90. The number of para-hydroxylation sites is 1. The Morgan fingerprint density at radius 2 is 2.10 bits per heavy atom. The van der Waals surface area contributed by atoms with Crippen LogP contribution >= 0.6 is 0 Å². The minimum atomic E-state index is -0.0884. The van der Waals surface area contributed by atoms with Gasteiger partial charge in [0.15, 0.2) is 0 Å². The molecule has 1 saturated heterocycles. The Labute approximate surface area is 121 Å². The topological polar surface area (TPSA) is 41.6 Å². The molecular formula is C16H24N2O2. The van der Waals surface area contributed by atoms with Gasteiger partial charge in [0.25, 0.3) is 0 Å². The van der Waals surface area contributed by atoms with Crippen molar-refractivity contribution in [1.82, 2.24) is 5.32 Å². The molecule has 2 atom stereocenters. The minimum Gasteiger partial charge on any atom is -0.379 e. The first-order valence-corrected chi connectivity index (χ1v) is 7.37. The number of aryl methyl sites for hydroxylation is 1.